The Kier molecular flexibility index (Phi) is 8.30. The van der Waals surface area contributed by atoms with E-state index in [1.54, 1.807) is 80.9 Å². The van der Waals surface area contributed by atoms with Crippen LogP contribution in [0.1, 0.15) is 40.5 Å². The van der Waals surface area contributed by atoms with Crippen molar-refractivity contribution in [3.05, 3.63) is 77.9 Å². The number of hydrogen-bond donors (Lipinski definition) is 2. The molecular weight excluding hydrogens is 420 g/mol. The van der Waals surface area contributed by atoms with Gasteiger partial charge in [-0.2, -0.15) is 0 Å². The third-order valence-electron chi connectivity index (χ3n) is 4.96. The molecule has 0 fully saturated rings. The molecule has 0 aliphatic carbocycles. The molecule has 0 atom stereocenters. The van der Waals surface area contributed by atoms with Crippen molar-refractivity contribution >= 4 is 23.2 Å². The maximum absolute atomic E-state index is 13.1. The van der Waals surface area contributed by atoms with Gasteiger partial charge in [0.1, 0.15) is 17.2 Å². The predicted molar refractivity (Wildman–Crippen MR) is 129 cm³/mol. The minimum absolute atomic E-state index is 0.299. The van der Waals surface area contributed by atoms with E-state index >= 15 is 0 Å². The van der Waals surface area contributed by atoms with Gasteiger partial charge in [0.15, 0.2) is 0 Å². The second-order valence-corrected chi connectivity index (χ2v) is 7.25. The minimum Gasteiger partial charge on any atom is -0.497 e. The van der Waals surface area contributed by atoms with Gasteiger partial charge in [-0.3, -0.25) is 9.59 Å². The van der Waals surface area contributed by atoms with Crippen LogP contribution in [-0.2, 0) is 0 Å². The Morgan fingerprint density at radius 1 is 0.788 bits per heavy atom. The Morgan fingerprint density at radius 3 is 2.00 bits per heavy atom. The van der Waals surface area contributed by atoms with Crippen LogP contribution in [-0.4, -0.2) is 32.6 Å². The molecule has 2 N–H and O–H groups in total. The molecular formula is C26H28N2O5. The molecule has 0 aliphatic heterocycles. The number of nitrogens with one attached hydrogen (secondary N) is 2. The summed E-state index contributed by atoms with van der Waals surface area (Å²) in [4.78, 5) is 25.8. The summed E-state index contributed by atoms with van der Waals surface area (Å²) in [7, 11) is 3.13. The van der Waals surface area contributed by atoms with Gasteiger partial charge in [0.2, 0.25) is 0 Å². The Bertz CT molecular complexity index is 1100. The van der Waals surface area contributed by atoms with Crippen LogP contribution in [0.3, 0.4) is 0 Å². The number of methoxy groups -OCH3 is 2. The lowest BCUT2D eigenvalue weighted by Crippen LogP contribution is -2.17. The molecule has 0 aliphatic rings. The van der Waals surface area contributed by atoms with Crippen LogP contribution >= 0.6 is 0 Å². The molecule has 0 saturated heterocycles. The summed E-state index contributed by atoms with van der Waals surface area (Å²) in [5, 5.41) is 5.73. The molecule has 0 saturated carbocycles. The summed E-state index contributed by atoms with van der Waals surface area (Å²) in [5.41, 5.74) is 1.80. The topological polar surface area (TPSA) is 85.9 Å². The highest BCUT2D eigenvalue weighted by Crippen LogP contribution is 2.28. The van der Waals surface area contributed by atoms with Gasteiger partial charge in [-0.15, -0.1) is 0 Å². The number of rotatable bonds is 10. The fourth-order valence-electron chi connectivity index (χ4n) is 3.09. The van der Waals surface area contributed by atoms with Gasteiger partial charge in [0, 0.05) is 11.6 Å². The fraction of sp³-hybridized carbons (Fsp3) is 0.231. The third kappa shape index (κ3) is 6.26. The zero-order chi connectivity index (χ0) is 23.6. The number of anilines is 2. The number of para-hydroxylation sites is 2. The lowest BCUT2D eigenvalue weighted by Gasteiger charge is -2.15. The molecule has 3 aromatic carbocycles. The molecule has 0 aromatic heterocycles. The van der Waals surface area contributed by atoms with Gasteiger partial charge in [-0.05, 0) is 55.0 Å². The van der Waals surface area contributed by atoms with Crippen molar-refractivity contribution in [1.29, 1.82) is 0 Å². The molecule has 0 spiro atoms. The van der Waals surface area contributed by atoms with Crippen molar-refractivity contribution in [2.24, 2.45) is 0 Å². The van der Waals surface area contributed by atoms with Crippen LogP contribution in [0.2, 0.25) is 0 Å². The van der Waals surface area contributed by atoms with E-state index < -0.39 is 0 Å². The standard InChI is InChI=1S/C26H28N2O5/c1-4-5-16-33-24-17-20(32-3)14-15-21(24)26(30)28-23-9-7-6-8-22(23)27-25(29)18-10-12-19(31-2)13-11-18/h6-15,17H,4-5,16H2,1-3H3,(H,27,29)(H,28,30). The van der Waals surface area contributed by atoms with Crippen molar-refractivity contribution in [3.63, 3.8) is 0 Å². The van der Waals surface area contributed by atoms with Crippen molar-refractivity contribution < 1.29 is 23.8 Å². The fourth-order valence-corrected chi connectivity index (χ4v) is 3.09. The normalized spacial score (nSPS) is 10.3. The Balaban J connectivity index is 1.78. The summed E-state index contributed by atoms with van der Waals surface area (Å²) < 4.78 is 16.2. The number of carbonyl (C=O) groups is 2. The molecule has 7 heteroatoms. The van der Waals surface area contributed by atoms with Gasteiger partial charge in [0.05, 0.1) is 37.8 Å². The van der Waals surface area contributed by atoms with Gasteiger partial charge in [-0.1, -0.05) is 25.5 Å². The lowest BCUT2D eigenvalue weighted by atomic mass is 10.1. The van der Waals surface area contributed by atoms with Gasteiger partial charge >= 0.3 is 0 Å². The first-order chi connectivity index (χ1) is 16.0. The van der Waals surface area contributed by atoms with Crippen molar-refractivity contribution in [1.82, 2.24) is 0 Å². The summed E-state index contributed by atoms with van der Waals surface area (Å²) in [5.74, 6) is 1.06. The summed E-state index contributed by atoms with van der Waals surface area (Å²) in [6, 6.07) is 18.9. The number of amides is 2. The molecule has 33 heavy (non-hydrogen) atoms. The smallest absolute Gasteiger partial charge is 0.259 e. The van der Waals surface area contributed by atoms with Gasteiger partial charge < -0.3 is 24.8 Å². The second kappa shape index (κ2) is 11.6. The maximum Gasteiger partial charge on any atom is 0.259 e. The van der Waals surface area contributed by atoms with Gasteiger partial charge in [0.25, 0.3) is 11.8 Å². The molecule has 172 valence electrons. The molecule has 0 radical (unpaired) electrons. The molecule has 0 unspecified atom stereocenters. The maximum atomic E-state index is 13.1. The van der Waals surface area contributed by atoms with E-state index in [9.17, 15) is 9.59 Å². The summed E-state index contributed by atoms with van der Waals surface area (Å²) in [6.45, 7) is 2.57. The average molecular weight is 449 g/mol. The van der Waals surface area contributed by atoms with Crippen LogP contribution in [0, 0.1) is 0 Å². The van der Waals surface area contributed by atoms with Crippen molar-refractivity contribution in [3.8, 4) is 17.2 Å². The molecule has 2 amide bonds. The Labute approximate surface area is 193 Å². The van der Waals surface area contributed by atoms with Crippen molar-refractivity contribution in [2.45, 2.75) is 19.8 Å². The van der Waals surface area contributed by atoms with Crippen LogP contribution < -0.4 is 24.8 Å². The molecule has 0 bridgehead atoms. The van der Waals surface area contributed by atoms with Crippen LogP contribution in [0.15, 0.2) is 66.7 Å². The van der Waals surface area contributed by atoms with Crippen LogP contribution in [0.5, 0.6) is 17.2 Å². The number of hydrogen-bond acceptors (Lipinski definition) is 5. The predicted octanol–water partition coefficient (Wildman–Crippen LogP) is 5.39. The Hall–Kier alpha value is -4.00. The van der Waals surface area contributed by atoms with E-state index in [1.807, 2.05) is 0 Å². The van der Waals surface area contributed by atoms with E-state index in [0.717, 1.165) is 12.8 Å². The Morgan fingerprint density at radius 2 is 1.39 bits per heavy atom. The first-order valence-electron chi connectivity index (χ1n) is 10.7. The highest BCUT2D eigenvalue weighted by molar-refractivity contribution is 6.10. The molecule has 3 aromatic rings. The minimum atomic E-state index is -0.352. The lowest BCUT2D eigenvalue weighted by molar-refractivity contribution is 0.101. The number of ether oxygens (including phenoxy) is 3. The molecule has 3 rings (SSSR count). The van der Waals surface area contributed by atoms with Crippen molar-refractivity contribution in [2.75, 3.05) is 31.5 Å². The molecule has 7 nitrogen and oxygen atoms in total. The van der Waals surface area contributed by atoms with E-state index in [4.69, 9.17) is 14.2 Å². The first-order valence-corrected chi connectivity index (χ1v) is 10.7. The largest absolute Gasteiger partial charge is 0.497 e. The van der Waals surface area contributed by atoms with Crippen LogP contribution in [0.25, 0.3) is 0 Å². The number of benzene rings is 3. The summed E-state index contributed by atoms with van der Waals surface area (Å²) in [6.07, 6.45) is 1.85. The van der Waals surface area contributed by atoms with E-state index in [0.29, 0.717) is 46.4 Å². The van der Waals surface area contributed by atoms with E-state index in [-0.39, 0.29) is 11.8 Å². The van der Waals surface area contributed by atoms with E-state index in [2.05, 4.69) is 17.6 Å². The number of carbonyl (C=O) groups excluding carboxylic acids is 2. The highest BCUT2D eigenvalue weighted by Gasteiger charge is 2.17. The van der Waals surface area contributed by atoms with Gasteiger partial charge in [-0.25, -0.2) is 0 Å². The van der Waals surface area contributed by atoms with Crippen LogP contribution in [0.4, 0.5) is 11.4 Å². The average Bonchev–Trinajstić information content (AvgIpc) is 2.85. The SMILES string of the molecule is CCCCOc1cc(OC)ccc1C(=O)Nc1ccccc1NC(=O)c1ccc(OC)cc1. The quantitative estimate of drug-likeness (QED) is 0.406. The first kappa shape index (κ1) is 23.7. The highest BCUT2D eigenvalue weighted by atomic mass is 16.5. The molecule has 0 heterocycles. The number of unbranched alkanes of at least 4 members (excludes halogenated alkanes) is 1. The zero-order valence-electron chi connectivity index (χ0n) is 19.0. The monoisotopic (exact) mass is 448 g/mol. The third-order valence-corrected chi connectivity index (χ3v) is 4.96. The zero-order valence-corrected chi connectivity index (χ0v) is 19.0. The van der Waals surface area contributed by atoms with E-state index in [1.165, 1.54) is 0 Å². The summed E-state index contributed by atoms with van der Waals surface area (Å²) >= 11 is 0. The second-order valence-electron chi connectivity index (χ2n) is 7.25.